The van der Waals surface area contributed by atoms with E-state index in [4.69, 9.17) is 10.00 Å². The predicted molar refractivity (Wildman–Crippen MR) is 76.4 cm³/mol. The molecule has 0 atom stereocenters. The van der Waals surface area contributed by atoms with Crippen molar-refractivity contribution in [2.75, 3.05) is 0 Å². The third-order valence-electron chi connectivity index (χ3n) is 3.39. The van der Waals surface area contributed by atoms with Crippen LogP contribution in [0.15, 0.2) is 24.5 Å². The lowest BCUT2D eigenvalue weighted by Crippen LogP contribution is -2.39. The third-order valence-corrected chi connectivity index (χ3v) is 3.39. The van der Waals surface area contributed by atoms with Crippen LogP contribution in [0, 0.1) is 11.3 Å². The van der Waals surface area contributed by atoms with Crippen molar-refractivity contribution in [3.05, 3.63) is 30.2 Å². The topological polar surface area (TPSA) is 87.9 Å². The fourth-order valence-electron chi connectivity index (χ4n) is 2.37. The summed E-state index contributed by atoms with van der Waals surface area (Å²) in [6.45, 7) is 1.82. The summed E-state index contributed by atoms with van der Waals surface area (Å²) in [5.74, 6) is 0.240. The van der Waals surface area contributed by atoms with Crippen molar-refractivity contribution in [2.24, 2.45) is 0 Å². The molecule has 0 saturated heterocycles. The summed E-state index contributed by atoms with van der Waals surface area (Å²) in [6, 6.07) is 2.16. The Morgan fingerprint density at radius 3 is 2.76 bits per heavy atom. The molecule has 0 unspecified atom stereocenters. The summed E-state index contributed by atoms with van der Waals surface area (Å²) in [5.41, 5.74) is 0.209. The van der Waals surface area contributed by atoms with Crippen molar-refractivity contribution in [1.82, 2.24) is 15.3 Å². The minimum Gasteiger partial charge on any atom is -0.472 e. The third kappa shape index (κ3) is 4.28. The Bertz CT molecular complexity index is 557. The number of carbonyl (C=O) groups excluding carboxylic acids is 1. The first-order chi connectivity index (χ1) is 10.2. The first-order valence-corrected chi connectivity index (χ1v) is 7.04. The first-order valence-electron chi connectivity index (χ1n) is 7.04. The van der Waals surface area contributed by atoms with Crippen LogP contribution >= 0.6 is 0 Å². The van der Waals surface area contributed by atoms with Gasteiger partial charge in [-0.3, -0.25) is 4.79 Å². The van der Waals surface area contributed by atoms with Crippen LogP contribution in [0.1, 0.15) is 38.3 Å². The van der Waals surface area contributed by atoms with E-state index in [9.17, 15) is 4.79 Å². The summed E-state index contributed by atoms with van der Waals surface area (Å²) in [5, 5.41) is 11.9. The minimum absolute atomic E-state index is 0.0173. The molecule has 0 aliphatic heterocycles. The molecule has 0 bridgehead atoms. The lowest BCUT2D eigenvalue weighted by molar-refractivity contribution is -0.117. The average Bonchev–Trinajstić information content (AvgIpc) is 2.50. The van der Waals surface area contributed by atoms with Gasteiger partial charge in [0.25, 0.3) is 5.88 Å². The van der Waals surface area contributed by atoms with Crippen LogP contribution in [0.3, 0.4) is 0 Å². The lowest BCUT2D eigenvalue weighted by atomic mass is 9.93. The van der Waals surface area contributed by atoms with E-state index in [1.807, 2.05) is 13.0 Å². The highest BCUT2D eigenvalue weighted by Gasteiger charge is 2.24. The second kappa shape index (κ2) is 7.39. The van der Waals surface area contributed by atoms with Gasteiger partial charge in [-0.05, 0) is 38.7 Å². The van der Waals surface area contributed by atoms with Crippen LogP contribution in [-0.4, -0.2) is 28.0 Å². The fraction of sp³-hybridized carbons (Fsp3) is 0.467. The normalized spacial score (nSPS) is 21.7. The Morgan fingerprint density at radius 1 is 1.38 bits per heavy atom. The molecule has 1 heterocycles. The second-order valence-electron chi connectivity index (χ2n) is 4.92. The number of nitriles is 1. The summed E-state index contributed by atoms with van der Waals surface area (Å²) in [6.07, 6.45) is 9.61. The number of aromatic nitrogens is 2. The van der Waals surface area contributed by atoms with Crippen LogP contribution in [0.5, 0.6) is 5.88 Å². The van der Waals surface area contributed by atoms with Crippen molar-refractivity contribution in [3.8, 4) is 11.9 Å². The summed E-state index contributed by atoms with van der Waals surface area (Å²) in [4.78, 5) is 19.5. The van der Waals surface area contributed by atoms with Crippen LogP contribution in [0.25, 0.3) is 0 Å². The molecular formula is C15H18N4O2. The zero-order valence-electron chi connectivity index (χ0n) is 12.0. The van der Waals surface area contributed by atoms with Gasteiger partial charge in [-0.25, -0.2) is 9.97 Å². The molecule has 110 valence electrons. The molecule has 1 amide bonds. The monoisotopic (exact) mass is 286 g/mol. The quantitative estimate of drug-likeness (QED) is 0.852. The van der Waals surface area contributed by atoms with Gasteiger partial charge in [0, 0.05) is 18.4 Å². The summed E-state index contributed by atoms with van der Waals surface area (Å²) < 4.78 is 5.76. The molecule has 2 rings (SSSR count). The summed E-state index contributed by atoms with van der Waals surface area (Å²) in [7, 11) is 0. The molecule has 1 fully saturated rings. The van der Waals surface area contributed by atoms with E-state index in [0.717, 1.165) is 25.7 Å². The highest BCUT2D eigenvalue weighted by atomic mass is 16.5. The number of nitrogens with zero attached hydrogens (tertiary/aromatic N) is 3. The molecule has 1 aliphatic carbocycles. The van der Waals surface area contributed by atoms with E-state index in [1.54, 1.807) is 6.08 Å². The SMILES string of the molecule is C/C=C/C(=O)NC1CCC(Oc2nccnc2C#N)CC1. The number of hydrogen-bond donors (Lipinski definition) is 1. The zero-order valence-corrected chi connectivity index (χ0v) is 12.0. The predicted octanol–water partition coefficient (Wildman–Crippen LogP) is 1.73. The van der Waals surface area contributed by atoms with E-state index in [2.05, 4.69) is 15.3 Å². The van der Waals surface area contributed by atoms with Crippen LogP contribution in [0.2, 0.25) is 0 Å². The van der Waals surface area contributed by atoms with Gasteiger partial charge in [0.05, 0.1) is 0 Å². The minimum atomic E-state index is -0.0532. The maximum atomic E-state index is 11.5. The van der Waals surface area contributed by atoms with Gasteiger partial charge in [0.15, 0.2) is 0 Å². The van der Waals surface area contributed by atoms with Crippen LogP contribution in [-0.2, 0) is 4.79 Å². The number of nitrogens with one attached hydrogen (secondary N) is 1. The second-order valence-corrected chi connectivity index (χ2v) is 4.92. The van der Waals surface area contributed by atoms with Gasteiger partial charge in [0.2, 0.25) is 11.6 Å². The van der Waals surface area contributed by atoms with Crippen molar-refractivity contribution in [3.63, 3.8) is 0 Å². The van der Waals surface area contributed by atoms with E-state index in [0.29, 0.717) is 5.88 Å². The fourth-order valence-corrected chi connectivity index (χ4v) is 2.37. The van der Waals surface area contributed by atoms with Crippen molar-refractivity contribution >= 4 is 5.91 Å². The van der Waals surface area contributed by atoms with E-state index >= 15 is 0 Å². The van der Waals surface area contributed by atoms with E-state index in [1.165, 1.54) is 18.5 Å². The lowest BCUT2D eigenvalue weighted by Gasteiger charge is -2.28. The Kier molecular flexibility index (Phi) is 5.27. The Morgan fingerprint density at radius 2 is 2.10 bits per heavy atom. The molecular weight excluding hydrogens is 268 g/mol. The van der Waals surface area contributed by atoms with Gasteiger partial charge < -0.3 is 10.1 Å². The Hall–Kier alpha value is -2.42. The van der Waals surface area contributed by atoms with Gasteiger partial charge in [-0.2, -0.15) is 5.26 Å². The molecule has 1 N–H and O–H groups in total. The number of hydrogen-bond acceptors (Lipinski definition) is 5. The number of rotatable bonds is 4. The maximum absolute atomic E-state index is 11.5. The van der Waals surface area contributed by atoms with Crippen molar-refractivity contribution in [1.29, 1.82) is 5.26 Å². The van der Waals surface area contributed by atoms with Crippen molar-refractivity contribution < 1.29 is 9.53 Å². The molecule has 0 spiro atoms. The average molecular weight is 286 g/mol. The molecule has 0 aromatic carbocycles. The highest BCUT2D eigenvalue weighted by Crippen LogP contribution is 2.23. The van der Waals surface area contributed by atoms with Crippen molar-refractivity contribution in [2.45, 2.75) is 44.8 Å². The number of amides is 1. The smallest absolute Gasteiger partial charge is 0.251 e. The molecule has 21 heavy (non-hydrogen) atoms. The standard InChI is InChI=1S/C15H18N4O2/c1-2-3-14(20)19-11-4-6-12(7-5-11)21-15-13(10-16)17-8-9-18-15/h2-3,8-9,11-12H,4-7H2,1H3,(H,19,20)/b3-2+. The Balaban J connectivity index is 1.84. The molecule has 1 aliphatic rings. The highest BCUT2D eigenvalue weighted by molar-refractivity contribution is 5.87. The maximum Gasteiger partial charge on any atom is 0.251 e. The largest absolute Gasteiger partial charge is 0.472 e. The molecule has 6 heteroatoms. The molecule has 1 aromatic rings. The summed E-state index contributed by atoms with van der Waals surface area (Å²) >= 11 is 0. The van der Waals surface area contributed by atoms with Gasteiger partial charge in [-0.1, -0.05) is 6.08 Å². The zero-order chi connectivity index (χ0) is 15.1. The number of allylic oxidation sites excluding steroid dienone is 1. The Labute approximate surface area is 123 Å². The molecule has 1 aromatic heterocycles. The molecule has 6 nitrogen and oxygen atoms in total. The van der Waals surface area contributed by atoms with E-state index in [-0.39, 0.29) is 23.7 Å². The van der Waals surface area contributed by atoms with Crippen LogP contribution < -0.4 is 10.1 Å². The van der Waals surface area contributed by atoms with E-state index < -0.39 is 0 Å². The number of carbonyl (C=O) groups is 1. The van der Waals surface area contributed by atoms with Gasteiger partial charge in [-0.15, -0.1) is 0 Å². The molecule has 0 radical (unpaired) electrons. The van der Waals surface area contributed by atoms with Gasteiger partial charge in [0.1, 0.15) is 12.2 Å². The van der Waals surface area contributed by atoms with Crippen LogP contribution in [0.4, 0.5) is 0 Å². The first kappa shape index (κ1) is 15.0. The number of ether oxygens (including phenoxy) is 1. The van der Waals surface area contributed by atoms with Gasteiger partial charge >= 0.3 is 0 Å². The molecule has 1 saturated carbocycles.